The van der Waals surface area contributed by atoms with Crippen molar-refractivity contribution in [3.05, 3.63) is 22.7 Å². The van der Waals surface area contributed by atoms with Gasteiger partial charge in [0, 0.05) is 33.7 Å². The van der Waals surface area contributed by atoms with Gasteiger partial charge >= 0.3 is 0 Å². The first-order valence-electron chi connectivity index (χ1n) is 4.50. The van der Waals surface area contributed by atoms with Crippen molar-refractivity contribution in [1.82, 2.24) is 9.55 Å². The highest BCUT2D eigenvalue weighted by Gasteiger charge is 2.07. The third kappa shape index (κ3) is 3.03. The summed E-state index contributed by atoms with van der Waals surface area (Å²) in [4.78, 5) is 15.4. The lowest BCUT2D eigenvalue weighted by atomic mass is 10.5. The molecular weight excluding hydrogens is 198 g/mol. The fraction of sp³-hybridized carbons (Fsp3) is 0.556. The van der Waals surface area contributed by atoms with Gasteiger partial charge in [-0.1, -0.05) is 0 Å². The van der Waals surface area contributed by atoms with E-state index < -0.39 is 6.29 Å². The maximum atomic E-state index is 11.5. The van der Waals surface area contributed by atoms with Gasteiger partial charge in [0.2, 0.25) is 0 Å². The number of anilines is 1. The molecular formula is C9H15N3O3. The van der Waals surface area contributed by atoms with Crippen LogP contribution in [-0.4, -0.2) is 36.6 Å². The Hall–Kier alpha value is -1.40. The second-order valence-electron chi connectivity index (χ2n) is 2.97. The molecule has 1 heterocycles. The Kier molecular flexibility index (Phi) is 4.26. The van der Waals surface area contributed by atoms with E-state index in [2.05, 4.69) is 10.3 Å². The molecule has 0 amide bonds. The quantitative estimate of drug-likeness (QED) is 0.687. The van der Waals surface area contributed by atoms with Crippen molar-refractivity contribution in [3.8, 4) is 0 Å². The summed E-state index contributed by atoms with van der Waals surface area (Å²) in [6.07, 6.45) is 2.76. The molecule has 0 saturated carbocycles. The molecule has 84 valence electrons. The number of aromatic nitrogens is 2. The average Bonchev–Trinajstić information content (AvgIpc) is 2.25. The van der Waals surface area contributed by atoms with Crippen LogP contribution in [0.25, 0.3) is 0 Å². The summed E-state index contributed by atoms with van der Waals surface area (Å²) in [5, 5.41) is 2.86. The van der Waals surface area contributed by atoms with E-state index in [-0.39, 0.29) is 5.56 Å². The standard InChI is InChI=1S/C9H15N3O3/c1-12-5-4-10-8(9(12)13)11-6-7(14-2)15-3/h4-5,7H,6H2,1-3H3,(H,10,11). The van der Waals surface area contributed by atoms with E-state index in [9.17, 15) is 4.79 Å². The van der Waals surface area contributed by atoms with E-state index in [1.807, 2.05) is 0 Å². The Morgan fingerprint density at radius 2 is 2.20 bits per heavy atom. The molecule has 0 aliphatic heterocycles. The number of hydrogen-bond acceptors (Lipinski definition) is 5. The molecule has 0 radical (unpaired) electrons. The molecule has 6 heteroatoms. The van der Waals surface area contributed by atoms with Crippen molar-refractivity contribution in [3.63, 3.8) is 0 Å². The van der Waals surface area contributed by atoms with E-state index >= 15 is 0 Å². The van der Waals surface area contributed by atoms with Crippen LogP contribution in [0.1, 0.15) is 0 Å². The van der Waals surface area contributed by atoms with Gasteiger partial charge in [0.05, 0.1) is 6.54 Å². The number of rotatable bonds is 5. The Labute approximate surface area is 87.8 Å². The fourth-order valence-electron chi connectivity index (χ4n) is 1.06. The molecule has 6 nitrogen and oxygen atoms in total. The minimum Gasteiger partial charge on any atom is -0.360 e. The van der Waals surface area contributed by atoms with Gasteiger partial charge in [-0.15, -0.1) is 0 Å². The van der Waals surface area contributed by atoms with Gasteiger partial charge in [0.15, 0.2) is 12.1 Å². The van der Waals surface area contributed by atoms with E-state index in [1.165, 1.54) is 18.8 Å². The van der Waals surface area contributed by atoms with Crippen LogP contribution in [0.2, 0.25) is 0 Å². The molecule has 0 saturated heterocycles. The van der Waals surface area contributed by atoms with Crippen LogP contribution in [0.3, 0.4) is 0 Å². The topological polar surface area (TPSA) is 65.4 Å². The molecule has 15 heavy (non-hydrogen) atoms. The number of hydrogen-bond donors (Lipinski definition) is 1. The second kappa shape index (κ2) is 5.47. The van der Waals surface area contributed by atoms with Crippen LogP contribution in [-0.2, 0) is 16.5 Å². The largest absolute Gasteiger partial charge is 0.360 e. The van der Waals surface area contributed by atoms with E-state index in [0.717, 1.165) is 0 Å². The predicted molar refractivity (Wildman–Crippen MR) is 55.8 cm³/mol. The third-order valence-electron chi connectivity index (χ3n) is 1.98. The van der Waals surface area contributed by atoms with Gasteiger partial charge < -0.3 is 19.4 Å². The van der Waals surface area contributed by atoms with Crippen LogP contribution in [0.5, 0.6) is 0 Å². The first-order valence-corrected chi connectivity index (χ1v) is 4.50. The highest BCUT2D eigenvalue weighted by atomic mass is 16.7. The molecule has 1 N–H and O–H groups in total. The molecule has 0 aromatic carbocycles. The zero-order valence-corrected chi connectivity index (χ0v) is 9.06. The van der Waals surface area contributed by atoms with Gasteiger partial charge in [-0.2, -0.15) is 0 Å². The molecule has 1 aromatic rings. The number of methoxy groups -OCH3 is 2. The summed E-state index contributed by atoms with van der Waals surface area (Å²) in [6.45, 7) is 0.374. The normalized spacial score (nSPS) is 10.7. The lowest BCUT2D eigenvalue weighted by Crippen LogP contribution is -2.28. The van der Waals surface area contributed by atoms with E-state index in [0.29, 0.717) is 12.4 Å². The first-order chi connectivity index (χ1) is 7.19. The minimum atomic E-state index is -0.392. The number of ether oxygens (including phenoxy) is 2. The van der Waals surface area contributed by atoms with Gasteiger partial charge in [0.1, 0.15) is 0 Å². The van der Waals surface area contributed by atoms with Gasteiger partial charge in [0.25, 0.3) is 5.56 Å². The Morgan fingerprint density at radius 3 is 2.80 bits per heavy atom. The zero-order valence-electron chi connectivity index (χ0n) is 9.06. The number of nitrogens with zero attached hydrogens (tertiary/aromatic N) is 2. The third-order valence-corrected chi connectivity index (χ3v) is 1.98. The van der Waals surface area contributed by atoms with Crippen molar-refractivity contribution in [1.29, 1.82) is 0 Å². The van der Waals surface area contributed by atoms with Crippen LogP contribution >= 0.6 is 0 Å². The maximum absolute atomic E-state index is 11.5. The van der Waals surface area contributed by atoms with Crippen molar-refractivity contribution >= 4 is 5.82 Å². The lowest BCUT2D eigenvalue weighted by molar-refractivity contribution is -0.0914. The summed E-state index contributed by atoms with van der Waals surface area (Å²) in [6, 6.07) is 0. The van der Waals surface area contributed by atoms with Crippen molar-refractivity contribution in [2.45, 2.75) is 6.29 Å². The maximum Gasteiger partial charge on any atom is 0.293 e. The van der Waals surface area contributed by atoms with Crippen LogP contribution in [0.4, 0.5) is 5.82 Å². The zero-order chi connectivity index (χ0) is 11.3. The van der Waals surface area contributed by atoms with Crippen molar-refractivity contribution in [2.24, 2.45) is 7.05 Å². The summed E-state index contributed by atoms with van der Waals surface area (Å²) in [7, 11) is 4.73. The Bertz CT molecular complexity index is 360. The average molecular weight is 213 g/mol. The Balaban J connectivity index is 2.65. The minimum absolute atomic E-state index is 0.177. The van der Waals surface area contributed by atoms with Gasteiger partial charge in [-0.25, -0.2) is 4.98 Å². The smallest absolute Gasteiger partial charge is 0.293 e. The molecule has 0 aliphatic rings. The van der Waals surface area contributed by atoms with Gasteiger partial charge in [-0.05, 0) is 0 Å². The molecule has 0 bridgehead atoms. The summed E-state index contributed by atoms with van der Waals surface area (Å²) in [5.41, 5.74) is -0.177. The van der Waals surface area contributed by atoms with Crippen LogP contribution in [0.15, 0.2) is 17.2 Å². The summed E-state index contributed by atoms with van der Waals surface area (Å²) in [5.74, 6) is 0.291. The molecule has 0 aliphatic carbocycles. The number of nitrogens with one attached hydrogen (secondary N) is 1. The molecule has 1 rings (SSSR count). The van der Waals surface area contributed by atoms with E-state index in [4.69, 9.17) is 9.47 Å². The summed E-state index contributed by atoms with van der Waals surface area (Å²) >= 11 is 0. The molecule has 0 atom stereocenters. The van der Waals surface area contributed by atoms with Gasteiger partial charge in [-0.3, -0.25) is 4.79 Å². The molecule has 0 fully saturated rings. The van der Waals surface area contributed by atoms with Crippen molar-refractivity contribution < 1.29 is 9.47 Å². The fourth-order valence-corrected chi connectivity index (χ4v) is 1.06. The van der Waals surface area contributed by atoms with Crippen molar-refractivity contribution in [2.75, 3.05) is 26.1 Å². The molecule has 0 spiro atoms. The summed E-state index contributed by atoms with van der Waals surface area (Å²) < 4.78 is 11.4. The van der Waals surface area contributed by atoms with Crippen LogP contribution < -0.4 is 10.9 Å². The Morgan fingerprint density at radius 1 is 1.53 bits per heavy atom. The predicted octanol–water partition coefficient (Wildman–Crippen LogP) is -0.189. The number of aryl methyl sites for hydroxylation is 1. The highest BCUT2D eigenvalue weighted by Crippen LogP contribution is 1.95. The van der Waals surface area contributed by atoms with Crippen LogP contribution in [0, 0.1) is 0 Å². The van der Waals surface area contributed by atoms with E-state index in [1.54, 1.807) is 19.4 Å². The SMILES string of the molecule is COC(CNc1nccn(C)c1=O)OC. The lowest BCUT2D eigenvalue weighted by Gasteiger charge is -2.14. The molecule has 1 aromatic heterocycles. The second-order valence-corrected chi connectivity index (χ2v) is 2.97. The molecule has 0 unspecified atom stereocenters. The first kappa shape index (κ1) is 11.7. The highest BCUT2D eigenvalue weighted by molar-refractivity contribution is 5.30. The monoisotopic (exact) mass is 213 g/mol.